The van der Waals surface area contributed by atoms with Crippen molar-refractivity contribution in [2.75, 3.05) is 6.54 Å². The van der Waals surface area contributed by atoms with Crippen molar-refractivity contribution < 1.29 is 18.0 Å². The molecule has 0 radical (unpaired) electrons. The topological polar surface area (TPSA) is 105 Å². The molecule has 1 saturated carbocycles. The van der Waals surface area contributed by atoms with E-state index in [0.717, 1.165) is 25.0 Å². The summed E-state index contributed by atoms with van der Waals surface area (Å²) in [5.41, 5.74) is 2.25. The molecule has 0 spiro atoms. The first-order valence-corrected chi connectivity index (χ1v) is 10.5. The van der Waals surface area contributed by atoms with Gasteiger partial charge in [0.05, 0.1) is 23.2 Å². The van der Waals surface area contributed by atoms with E-state index in [1.54, 1.807) is 29.4 Å². The van der Waals surface area contributed by atoms with E-state index in [9.17, 15) is 13.6 Å². The van der Waals surface area contributed by atoms with Crippen molar-refractivity contribution in [3.8, 4) is 0 Å². The number of alkyl halides is 2. The normalized spacial score (nSPS) is 18.8. The van der Waals surface area contributed by atoms with Crippen LogP contribution in [0.5, 0.6) is 0 Å². The molecular formula is C21H19F2N7O2. The number of nitrogens with zero attached hydrogens (tertiary/aromatic N) is 6. The molecule has 1 amide bonds. The lowest BCUT2D eigenvalue weighted by molar-refractivity contribution is 0.0642. The molecule has 32 heavy (non-hydrogen) atoms. The highest BCUT2D eigenvalue weighted by Gasteiger charge is 2.38. The molecule has 2 aliphatic rings. The second-order valence-electron chi connectivity index (χ2n) is 8.15. The molecule has 0 aromatic carbocycles. The molecular weight excluding hydrogens is 420 g/mol. The fourth-order valence-corrected chi connectivity index (χ4v) is 4.41. The Bertz CT molecular complexity index is 1310. The van der Waals surface area contributed by atoms with Crippen molar-refractivity contribution >= 4 is 11.4 Å². The van der Waals surface area contributed by atoms with Gasteiger partial charge in [0.15, 0.2) is 0 Å². The van der Waals surface area contributed by atoms with Crippen LogP contribution in [0, 0.1) is 0 Å². The number of carbonyl (C=O) groups excluding carboxylic acids is 1. The van der Waals surface area contributed by atoms with Gasteiger partial charge in [0.1, 0.15) is 11.7 Å². The van der Waals surface area contributed by atoms with Crippen molar-refractivity contribution in [1.82, 2.24) is 34.7 Å². The van der Waals surface area contributed by atoms with Crippen LogP contribution in [0.25, 0.3) is 5.52 Å². The number of pyridine rings is 1. The molecule has 1 aliphatic carbocycles. The maximum atomic E-state index is 13.5. The zero-order chi connectivity index (χ0) is 21.8. The number of imidazole rings is 1. The van der Waals surface area contributed by atoms with Crippen molar-refractivity contribution in [2.45, 2.75) is 44.1 Å². The lowest BCUT2D eigenvalue weighted by Gasteiger charge is -2.32. The summed E-state index contributed by atoms with van der Waals surface area (Å²) in [4.78, 5) is 22.5. The lowest BCUT2D eigenvalue weighted by Crippen LogP contribution is -2.41. The third kappa shape index (κ3) is 2.91. The van der Waals surface area contributed by atoms with E-state index in [1.165, 1.54) is 10.6 Å². The smallest absolute Gasteiger partial charge is 0.312 e. The average molecular weight is 439 g/mol. The van der Waals surface area contributed by atoms with E-state index in [2.05, 4.69) is 25.3 Å². The third-order valence-electron chi connectivity index (χ3n) is 6.30. The maximum absolute atomic E-state index is 13.5. The fourth-order valence-electron chi connectivity index (χ4n) is 4.41. The highest BCUT2D eigenvalue weighted by atomic mass is 19.3. The minimum atomic E-state index is -2.68. The fraction of sp³-hybridized carbons (Fsp3) is 0.381. The van der Waals surface area contributed by atoms with Crippen LogP contribution in [0.15, 0.2) is 35.0 Å². The first-order valence-electron chi connectivity index (χ1n) is 10.5. The first-order chi connectivity index (χ1) is 15.6. The summed E-state index contributed by atoms with van der Waals surface area (Å²) in [5, 5.41) is 12.5. The number of halogens is 2. The number of rotatable bonds is 4. The number of amides is 1. The molecule has 0 saturated heterocycles. The number of hydrogen-bond acceptors (Lipinski definition) is 6. The van der Waals surface area contributed by atoms with Crippen molar-refractivity contribution in [3.63, 3.8) is 0 Å². The minimum Gasteiger partial charge on any atom is -0.417 e. The van der Waals surface area contributed by atoms with E-state index in [-0.39, 0.29) is 17.5 Å². The molecule has 1 atom stereocenters. The van der Waals surface area contributed by atoms with Crippen LogP contribution in [0.3, 0.4) is 0 Å². The number of aromatic amines is 1. The number of hydrogen-bond donors (Lipinski definition) is 1. The molecule has 0 bridgehead atoms. The quantitative estimate of drug-likeness (QED) is 0.522. The Morgan fingerprint density at radius 2 is 2.12 bits per heavy atom. The highest BCUT2D eigenvalue weighted by Crippen LogP contribution is 2.37. The number of aromatic nitrogens is 6. The Kier molecular flexibility index (Phi) is 4.30. The summed E-state index contributed by atoms with van der Waals surface area (Å²) in [7, 11) is 0. The average Bonchev–Trinajstić information content (AvgIpc) is 3.49. The summed E-state index contributed by atoms with van der Waals surface area (Å²) in [6.07, 6.45) is 2.52. The Labute approximate surface area is 180 Å². The number of nitrogens with one attached hydrogen (secondary N) is 1. The second-order valence-corrected chi connectivity index (χ2v) is 8.15. The molecule has 4 aromatic rings. The van der Waals surface area contributed by atoms with Crippen molar-refractivity contribution in [3.05, 3.63) is 65.1 Å². The summed E-state index contributed by atoms with van der Waals surface area (Å²) in [5.74, 6) is 0.203. The van der Waals surface area contributed by atoms with Crippen LogP contribution >= 0.6 is 0 Å². The molecule has 6 rings (SSSR count). The number of H-pyrrole nitrogens is 1. The SMILES string of the molecule is O=C(c1nnc(C2CCC2)o1)N1CCc2[nH]cnc2[C@@H]1c1cc2cccc(C(F)F)n2n1. The van der Waals surface area contributed by atoms with Crippen molar-refractivity contribution in [1.29, 1.82) is 0 Å². The van der Waals surface area contributed by atoms with Gasteiger partial charge >= 0.3 is 11.8 Å². The van der Waals surface area contributed by atoms with Crippen LogP contribution in [-0.4, -0.2) is 47.1 Å². The Morgan fingerprint density at radius 3 is 2.91 bits per heavy atom. The van der Waals surface area contributed by atoms with Gasteiger partial charge in [-0.25, -0.2) is 18.3 Å². The summed E-state index contributed by atoms with van der Waals surface area (Å²) < 4.78 is 33.9. The first kappa shape index (κ1) is 19.1. The Morgan fingerprint density at radius 1 is 1.25 bits per heavy atom. The molecule has 0 unspecified atom stereocenters. The second kappa shape index (κ2) is 7.21. The van der Waals surface area contributed by atoms with Crippen LogP contribution in [0.1, 0.15) is 77.0 Å². The molecule has 9 nitrogen and oxygen atoms in total. The van der Waals surface area contributed by atoms with Crippen LogP contribution in [0.2, 0.25) is 0 Å². The Hall–Kier alpha value is -3.63. The van der Waals surface area contributed by atoms with Crippen molar-refractivity contribution in [2.24, 2.45) is 0 Å². The summed E-state index contributed by atoms with van der Waals surface area (Å²) in [6, 6.07) is 5.63. The zero-order valence-corrected chi connectivity index (χ0v) is 16.9. The molecule has 1 aliphatic heterocycles. The maximum Gasteiger partial charge on any atom is 0.312 e. The molecule has 1 fully saturated rings. The molecule has 11 heteroatoms. The van der Waals surface area contributed by atoms with Crippen LogP contribution < -0.4 is 0 Å². The van der Waals surface area contributed by atoms with Gasteiger partial charge in [0, 0.05) is 24.6 Å². The van der Waals surface area contributed by atoms with E-state index in [1.807, 2.05) is 0 Å². The summed E-state index contributed by atoms with van der Waals surface area (Å²) >= 11 is 0. The Balaban J connectivity index is 1.42. The van der Waals surface area contributed by atoms with Gasteiger partial charge < -0.3 is 14.3 Å². The van der Waals surface area contributed by atoms with Crippen LogP contribution in [-0.2, 0) is 6.42 Å². The van der Waals surface area contributed by atoms with Crippen LogP contribution in [0.4, 0.5) is 8.78 Å². The monoisotopic (exact) mass is 439 g/mol. The lowest BCUT2D eigenvalue weighted by atomic mass is 9.85. The summed E-state index contributed by atoms with van der Waals surface area (Å²) in [6.45, 7) is 0.370. The zero-order valence-electron chi connectivity index (χ0n) is 16.9. The standard InChI is InChI=1S/C21H19F2N7O2/c22-18(23)15-6-2-5-12-9-14(28-30(12)15)17-16-13(24-10-25-16)7-8-29(17)21(31)20-27-26-19(32-20)11-3-1-4-11/h2,5-6,9-11,17-18H,1,3-4,7-8H2,(H,24,25)/t17-/m0/s1. The minimum absolute atomic E-state index is 0.0760. The molecule has 4 aromatic heterocycles. The van der Waals surface area contributed by atoms with Gasteiger partial charge in [-0.2, -0.15) is 5.10 Å². The predicted molar refractivity (Wildman–Crippen MR) is 106 cm³/mol. The molecule has 1 N–H and O–H groups in total. The predicted octanol–water partition coefficient (Wildman–Crippen LogP) is 3.43. The van der Waals surface area contributed by atoms with Gasteiger partial charge in [-0.05, 0) is 31.0 Å². The third-order valence-corrected chi connectivity index (χ3v) is 6.30. The number of carbonyl (C=O) groups is 1. The van der Waals surface area contributed by atoms with Gasteiger partial charge in [-0.15, -0.1) is 10.2 Å². The van der Waals surface area contributed by atoms with Gasteiger partial charge in [-0.3, -0.25) is 4.79 Å². The van der Waals surface area contributed by atoms with E-state index >= 15 is 0 Å². The number of fused-ring (bicyclic) bond motifs is 2. The van der Waals surface area contributed by atoms with Gasteiger partial charge in [-0.1, -0.05) is 12.5 Å². The van der Waals surface area contributed by atoms with E-state index < -0.39 is 18.4 Å². The molecule has 164 valence electrons. The van der Waals surface area contributed by atoms with E-state index in [4.69, 9.17) is 4.42 Å². The van der Waals surface area contributed by atoms with E-state index in [0.29, 0.717) is 35.8 Å². The molecule has 5 heterocycles. The van der Waals surface area contributed by atoms with Gasteiger partial charge in [0.25, 0.3) is 6.43 Å². The highest BCUT2D eigenvalue weighted by molar-refractivity contribution is 5.90. The largest absolute Gasteiger partial charge is 0.417 e. The van der Waals surface area contributed by atoms with Gasteiger partial charge in [0.2, 0.25) is 5.89 Å².